The van der Waals surface area contributed by atoms with Crippen LogP contribution in [0.15, 0.2) is 16.8 Å². The van der Waals surface area contributed by atoms with Crippen molar-refractivity contribution < 1.29 is 4.74 Å². The molecule has 1 aliphatic heterocycles. The lowest BCUT2D eigenvalue weighted by atomic mass is 10.4. The first kappa shape index (κ1) is 8.27. The van der Waals surface area contributed by atoms with E-state index >= 15 is 0 Å². The maximum atomic E-state index is 5.38. The largest absolute Gasteiger partial charge is 0.480 e. The van der Waals surface area contributed by atoms with Crippen LogP contribution >= 0.6 is 0 Å². The monoisotopic (exact) mass is 154 g/mol. The van der Waals surface area contributed by atoms with Gasteiger partial charge in [0, 0.05) is 25.1 Å². The number of rotatable bonds is 2. The molecule has 0 spiro atoms. The zero-order valence-electron chi connectivity index (χ0n) is 6.84. The summed E-state index contributed by atoms with van der Waals surface area (Å²) in [6.07, 6.45) is 3.76. The molecule has 1 rings (SSSR count). The second-order valence-electron chi connectivity index (χ2n) is 2.53. The van der Waals surface area contributed by atoms with Gasteiger partial charge in [0.15, 0.2) is 5.90 Å². The van der Waals surface area contributed by atoms with Crippen LogP contribution < -0.4 is 5.73 Å². The summed E-state index contributed by atoms with van der Waals surface area (Å²) in [6.45, 7) is 3.31. The lowest BCUT2D eigenvalue weighted by Gasteiger charge is -2.03. The molecule has 0 atom stereocenters. The Morgan fingerprint density at radius 1 is 1.73 bits per heavy atom. The summed E-state index contributed by atoms with van der Waals surface area (Å²) in [6, 6.07) is 0. The highest BCUT2D eigenvalue weighted by atomic mass is 16.5. The van der Waals surface area contributed by atoms with Gasteiger partial charge in [0.25, 0.3) is 0 Å². The van der Waals surface area contributed by atoms with Crippen molar-refractivity contribution in [2.24, 2.45) is 10.7 Å². The maximum absolute atomic E-state index is 5.38. The number of ether oxygens (including phenoxy) is 1. The smallest absolute Gasteiger partial charge is 0.189 e. The topological polar surface area (TPSA) is 47.6 Å². The molecule has 1 heterocycles. The van der Waals surface area contributed by atoms with Crippen LogP contribution in [0.2, 0.25) is 0 Å². The lowest BCUT2D eigenvalue weighted by molar-refractivity contribution is 0.306. The molecule has 0 bridgehead atoms. The Balaban J connectivity index is 2.56. The molecule has 0 saturated carbocycles. The summed E-state index contributed by atoms with van der Waals surface area (Å²) in [5, 5.41) is 0. The molecule has 0 aromatic rings. The highest BCUT2D eigenvalue weighted by Crippen LogP contribution is 2.05. The Morgan fingerprint density at radius 3 is 3.27 bits per heavy atom. The molecule has 0 fully saturated rings. The molecule has 0 aromatic carbocycles. The summed E-state index contributed by atoms with van der Waals surface area (Å²) in [4.78, 5) is 4.24. The van der Waals surface area contributed by atoms with Crippen LogP contribution in [0, 0.1) is 0 Å². The fraction of sp³-hybridized carbons (Fsp3) is 0.625. The standard InChI is InChI=1S/C8H14N2O/c1-7-3-2-6-11-8(10-7)4-5-9/h3H,2,4-6,9H2,1H3. The predicted octanol–water partition coefficient (Wildman–Crippen LogP) is 1.06. The molecule has 0 unspecified atom stereocenters. The van der Waals surface area contributed by atoms with Gasteiger partial charge < -0.3 is 10.5 Å². The van der Waals surface area contributed by atoms with Crippen molar-refractivity contribution in [1.29, 1.82) is 0 Å². The van der Waals surface area contributed by atoms with Crippen LogP contribution in [0.25, 0.3) is 0 Å². The summed E-state index contributed by atoms with van der Waals surface area (Å²) in [7, 11) is 0. The molecule has 0 amide bonds. The quantitative estimate of drug-likeness (QED) is 0.646. The van der Waals surface area contributed by atoms with Crippen LogP contribution in [0.5, 0.6) is 0 Å². The number of allylic oxidation sites excluding steroid dienone is 1. The van der Waals surface area contributed by atoms with Gasteiger partial charge in [-0.15, -0.1) is 0 Å². The van der Waals surface area contributed by atoms with Gasteiger partial charge in [-0.25, -0.2) is 4.99 Å². The fourth-order valence-corrected chi connectivity index (χ4v) is 0.971. The first-order valence-corrected chi connectivity index (χ1v) is 3.90. The van der Waals surface area contributed by atoms with Crippen LogP contribution in [0.4, 0.5) is 0 Å². The minimum atomic E-state index is 0.603. The van der Waals surface area contributed by atoms with E-state index in [0.717, 1.165) is 31.0 Å². The Labute approximate surface area is 66.9 Å². The van der Waals surface area contributed by atoms with E-state index in [0.29, 0.717) is 6.54 Å². The van der Waals surface area contributed by atoms with Gasteiger partial charge in [-0.2, -0.15) is 0 Å². The van der Waals surface area contributed by atoms with Gasteiger partial charge in [-0.3, -0.25) is 0 Å². The highest BCUT2D eigenvalue weighted by molar-refractivity contribution is 5.77. The Bertz CT molecular complexity index is 181. The summed E-state index contributed by atoms with van der Waals surface area (Å²) in [5.74, 6) is 0.777. The normalized spacial score (nSPS) is 18.0. The third-order valence-corrected chi connectivity index (χ3v) is 1.49. The molecule has 11 heavy (non-hydrogen) atoms. The van der Waals surface area contributed by atoms with Crippen LogP contribution in [-0.4, -0.2) is 19.0 Å². The number of nitrogens with zero attached hydrogens (tertiary/aromatic N) is 1. The average Bonchev–Trinajstić information content (AvgIpc) is 2.15. The SMILES string of the molecule is CC1=CCCOC(CCN)=N1. The van der Waals surface area contributed by atoms with E-state index in [4.69, 9.17) is 10.5 Å². The van der Waals surface area contributed by atoms with Gasteiger partial charge in [-0.05, 0) is 6.92 Å². The second-order valence-corrected chi connectivity index (χ2v) is 2.53. The van der Waals surface area contributed by atoms with E-state index in [1.807, 2.05) is 6.92 Å². The molecule has 1 aliphatic rings. The first-order chi connectivity index (χ1) is 5.33. The first-order valence-electron chi connectivity index (χ1n) is 3.90. The van der Waals surface area contributed by atoms with Crippen molar-refractivity contribution in [1.82, 2.24) is 0 Å². The van der Waals surface area contributed by atoms with E-state index in [1.165, 1.54) is 0 Å². The van der Waals surface area contributed by atoms with Crippen molar-refractivity contribution in [3.63, 3.8) is 0 Å². The van der Waals surface area contributed by atoms with Gasteiger partial charge >= 0.3 is 0 Å². The average molecular weight is 154 g/mol. The van der Waals surface area contributed by atoms with Crippen LogP contribution in [0.3, 0.4) is 0 Å². The Kier molecular flexibility index (Phi) is 3.11. The second kappa shape index (κ2) is 4.13. The number of hydrogen-bond donors (Lipinski definition) is 1. The molecule has 3 heteroatoms. The molecular weight excluding hydrogens is 140 g/mol. The summed E-state index contributed by atoms with van der Waals surface area (Å²) >= 11 is 0. The Hall–Kier alpha value is -0.830. The third-order valence-electron chi connectivity index (χ3n) is 1.49. The van der Waals surface area contributed by atoms with E-state index in [1.54, 1.807) is 0 Å². The number of hydrogen-bond acceptors (Lipinski definition) is 3. The Morgan fingerprint density at radius 2 is 2.55 bits per heavy atom. The summed E-state index contributed by atoms with van der Waals surface area (Å²) < 4.78 is 5.33. The van der Waals surface area contributed by atoms with Crippen molar-refractivity contribution in [3.8, 4) is 0 Å². The fourth-order valence-electron chi connectivity index (χ4n) is 0.971. The van der Waals surface area contributed by atoms with Crippen molar-refractivity contribution in [3.05, 3.63) is 11.8 Å². The number of nitrogens with two attached hydrogens (primary N) is 1. The molecule has 0 aromatic heterocycles. The van der Waals surface area contributed by atoms with Gasteiger partial charge in [0.05, 0.1) is 6.61 Å². The maximum Gasteiger partial charge on any atom is 0.189 e. The van der Waals surface area contributed by atoms with Gasteiger partial charge in [0.2, 0.25) is 0 Å². The zero-order chi connectivity index (χ0) is 8.10. The van der Waals surface area contributed by atoms with Crippen LogP contribution in [-0.2, 0) is 4.74 Å². The molecule has 0 aliphatic carbocycles. The van der Waals surface area contributed by atoms with Gasteiger partial charge in [0.1, 0.15) is 0 Å². The van der Waals surface area contributed by atoms with Crippen LogP contribution in [0.1, 0.15) is 19.8 Å². The summed E-state index contributed by atoms with van der Waals surface area (Å²) in [5.41, 5.74) is 6.41. The predicted molar refractivity (Wildman–Crippen MR) is 45.4 cm³/mol. The molecule has 2 N–H and O–H groups in total. The minimum Gasteiger partial charge on any atom is -0.480 e. The van der Waals surface area contributed by atoms with Crippen molar-refractivity contribution in [2.75, 3.05) is 13.2 Å². The molecule has 3 nitrogen and oxygen atoms in total. The van der Waals surface area contributed by atoms with E-state index in [9.17, 15) is 0 Å². The lowest BCUT2D eigenvalue weighted by Crippen LogP contribution is -2.11. The third kappa shape index (κ3) is 2.72. The molecule has 62 valence electrons. The van der Waals surface area contributed by atoms with E-state index in [2.05, 4.69) is 11.1 Å². The number of aliphatic imine (C=N–C) groups is 1. The van der Waals surface area contributed by atoms with Crippen molar-refractivity contribution >= 4 is 5.90 Å². The van der Waals surface area contributed by atoms with Crippen molar-refractivity contribution in [2.45, 2.75) is 19.8 Å². The highest BCUT2D eigenvalue weighted by Gasteiger charge is 2.02. The van der Waals surface area contributed by atoms with E-state index in [-0.39, 0.29) is 0 Å². The minimum absolute atomic E-state index is 0.603. The molecule has 0 saturated heterocycles. The molecule has 0 radical (unpaired) electrons. The zero-order valence-corrected chi connectivity index (χ0v) is 6.84. The van der Waals surface area contributed by atoms with E-state index < -0.39 is 0 Å². The van der Waals surface area contributed by atoms with Gasteiger partial charge in [-0.1, -0.05) is 6.08 Å². The molecular formula is C8H14N2O.